The lowest BCUT2D eigenvalue weighted by molar-refractivity contribution is -0.268. The third-order valence-electron chi connectivity index (χ3n) is 8.21. The number of hydrogen-bond acceptors (Lipinski definition) is 6. The zero-order valence-corrected chi connectivity index (χ0v) is 26.2. The summed E-state index contributed by atoms with van der Waals surface area (Å²) in [6, 6.07) is 33.7. The largest absolute Gasteiger partial charge is 0.392 e. The molecule has 5 aromatic rings. The summed E-state index contributed by atoms with van der Waals surface area (Å²) in [5.41, 5.74) is 6.68. The molecule has 1 saturated heterocycles. The van der Waals surface area contributed by atoms with Crippen LogP contribution in [0, 0.1) is 5.92 Å². The van der Waals surface area contributed by atoms with Crippen LogP contribution in [0.2, 0.25) is 0 Å². The highest BCUT2D eigenvalue weighted by atomic mass is 32.2. The maximum absolute atomic E-state index is 12.5. The molecule has 6 rings (SSSR count). The van der Waals surface area contributed by atoms with Gasteiger partial charge in [-0.25, -0.2) is 4.98 Å². The average Bonchev–Trinajstić information content (AvgIpc) is 3.51. The summed E-state index contributed by atoms with van der Waals surface area (Å²) in [5, 5.41) is 13.5. The minimum atomic E-state index is -0.538. The minimum absolute atomic E-state index is 0.00754. The Bertz CT molecular complexity index is 1710. The van der Waals surface area contributed by atoms with Crippen LogP contribution in [0.3, 0.4) is 0 Å². The molecule has 0 spiro atoms. The van der Waals surface area contributed by atoms with E-state index in [4.69, 9.17) is 9.47 Å². The molecule has 1 aromatic heterocycles. The van der Waals surface area contributed by atoms with Crippen molar-refractivity contribution in [3.63, 3.8) is 0 Å². The number of aryl methyl sites for hydroxylation is 1. The fourth-order valence-corrected chi connectivity index (χ4v) is 6.62. The third-order valence-corrected chi connectivity index (χ3v) is 9.36. The number of benzene rings is 4. The highest BCUT2D eigenvalue weighted by molar-refractivity contribution is 7.99. The first kappa shape index (κ1) is 30.8. The van der Waals surface area contributed by atoms with Gasteiger partial charge in [0, 0.05) is 48.8 Å². The number of aliphatic hydroxyl groups excluding tert-OH is 1. The number of aromatic nitrogens is 2. The number of nitrogens with zero attached hydrogens (tertiary/aromatic N) is 2. The monoisotopic (exact) mass is 619 g/mol. The predicted molar refractivity (Wildman–Crippen MR) is 176 cm³/mol. The number of carbonyl (C=O) groups is 1. The molecule has 0 saturated carbocycles. The predicted octanol–water partition coefficient (Wildman–Crippen LogP) is 7.09. The van der Waals surface area contributed by atoms with Crippen molar-refractivity contribution in [2.75, 3.05) is 5.75 Å². The Morgan fingerprint density at radius 1 is 0.889 bits per heavy atom. The standard InChI is InChI=1S/C37H37N3O4S/c1-25-33(24-45-37-38-19-20-40(37)2)43-36(44-34(25)29-13-11-26(23-41)12-14-29)31-17-15-28(16-18-31)32-10-6-7-27(21-32)22-39-35(42)30-8-4-3-5-9-30/h3-21,25,33-34,36,41H,22-24H2,1-2H3,(H,39,42)/t25-,33+,34+,36+/m0/s1. The van der Waals surface area contributed by atoms with E-state index in [1.807, 2.05) is 90.7 Å². The molecule has 1 fully saturated rings. The number of hydrogen-bond donors (Lipinski definition) is 2. The minimum Gasteiger partial charge on any atom is -0.392 e. The van der Waals surface area contributed by atoms with Crippen molar-refractivity contribution < 1.29 is 19.4 Å². The highest BCUT2D eigenvalue weighted by Gasteiger charge is 2.38. The van der Waals surface area contributed by atoms with Gasteiger partial charge in [-0.3, -0.25) is 4.79 Å². The zero-order valence-electron chi connectivity index (χ0n) is 25.4. The topological polar surface area (TPSA) is 85.6 Å². The van der Waals surface area contributed by atoms with Crippen LogP contribution in [0.4, 0.5) is 0 Å². The number of carbonyl (C=O) groups excluding carboxylic acids is 1. The van der Waals surface area contributed by atoms with E-state index >= 15 is 0 Å². The fraction of sp³-hybridized carbons (Fsp3) is 0.243. The Hall–Kier alpha value is -4.21. The number of imidazole rings is 1. The van der Waals surface area contributed by atoms with E-state index in [0.29, 0.717) is 12.1 Å². The first-order valence-electron chi connectivity index (χ1n) is 15.1. The Morgan fingerprint density at radius 3 is 2.36 bits per heavy atom. The second kappa shape index (κ2) is 14.3. The van der Waals surface area contributed by atoms with Gasteiger partial charge in [0.25, 0.3) is 5.91 Å². The Kier molecular flexibility index (Phi) is 9.76. The van der Waals surface area contributed by atoms with Crippen LogP contribution < -0.4 is 5.32 Å². The van der Waals surface area contributed by atoms with Crippen molar-refractivity contribution in [1.29, 1.82) is 0 Å². The summed E-state index contributed by atoms with van der Waals surface area (Å²) in [7, 11) is 2.00. The van der Waals surface area contributed by atoms with Gasteiger partial charge in [-0.05, 0) is 46.0 Å². The second-order valence-corrected chi connectivity index (χ2v) is 12.3. The van der Waals surface area contributed by atoms with Crippen molar-refractivity contribution in [2.24, 2.45) is 13.0 Å². The lowest BCUT2D eigenvalue weighted by Gasteiger charge is -2.41. The molecule has 4 aromatic carbocycles. The number of ether oxygens (including phenoxy) is 2. The second-order valence-electron chi connectivity index (χ2n) is 11.3. The molecule has 0 aliphatic carbocycles. The number of aliphatic hydroxyl groups is 1. The van der Waals surface area contributed by atoms with Crippen LogP contribution in [-0.2, 0) is 29.7 Å². The molecule has 2 N–H and O–H groups in total. The first-order valence-corrected chi connectivity index (χ1v) is 16.1. The molecule has 1 aliphatic rings. The summed E-state index contributed by atoms with van der Waals surface area (Å²) in [6.45, 7) is 2.62. The molecule has 7 nitrogen and oxygen atoms in total. The molecule has 8 heteroatoms. The summed E-state index contributed by atoms with van der Waals surface area (Å²) in [5.74, 6) is 0.743. The molecular formula is C37H37N3O4S. The van der Waals surface area contributed by atoms with E-state index in [1.165, 1.54) is 0 Å². The van der Waals surface area contributed by atoms with Crippen LogP contribution in [0.25, 0.3) is 11.1 Å². The summed E-state index contributed by atoms with van der Waals surface area (Å²) in [6.07, 6.45) is 2.97. The lowest BCUT2D eigenvalue weighted by atomic mass is 9.91. The van der Waals surface area contributed by atoms with Crippen LogP contribution in [0.1, 0.15) is 51.9 Å². The van der Waals surface area contributed by atoms with Gasteiger partial charge in [0.1, 0.15) is 0 Å². The van der Waals surface area contributed by atoms with Crippen molar-refractivity contribution >= 4 is 17.7 Å². The molecule has 4 atom stereocenters. The van der Waals surface area contributed by atoms with Crippen molar-refractivity contribution in [1.82, 2.24) is 14.9 Å². The van der Waals surface area contributed by atoms with E-state index in [-0.39, 0.29) is 30.6 Å². The van der Waals surface area contributed by atoms with E-state index < -0.39 is 6.29 Å². The molecule has 230 valence electrons. The van der Waals surface area contributed by atoms with E-state index in [1.54, 1.807) is 11.8 Å². The zero-order chi connectivity index (χ0) is 31.2. The van der Waals surface area contributed by atoms with Crippen LogP contribution in [0.15, 0.2) is 121 Å². The molecular weight excluding hydrogens is 582 g/mol. The van der Waals surface area contributed by atoms with Gasteiger partial charge in [0.05, 0.1) is 18.8 Å². The van der Waals surface area contributed by atoms with Crippen LogP contribution >= 0.6 is 11.8 Å². The highest BCUT2D eigenvalue weighted by Crippen LogP contribution is 2.43. The molecule has 0 bridgehead atoms. The van der Waals surface area contributed by atoms with E-state index in [0.717, 1.165) is 44.3 Å². The Labute approximate surface area is 268 Å². The number of rotatable bonds is 10. The molecule has 0 unspecified atom stereocenters. The van der Waals surface area contributed by atoms with Gasteiger partial charge in [0.15, 0.2) is 11.4 Å². The maximum Gasteiger partial charge on any atom is 0.251 e. The van der Waals surface area contributed by atoms with Gasteiger partial charge in [-0.15, -0.1) is 0 Å². The normalized spacial score (nSPS) is 19.7. The van der Waals surface area contributed by atoms with Gasteiger partial charge in [-0.1, -0.05) is 104 Å². The Balaban J connectivity index is 1.18. The quantitative estimate of drug-likeness (QED) is 0.162. The van der Waals surface area contributed by atoms with Crippen LogP contribution in [-0.4, -0.2) is 32.4 Å². The SMILES string of the molecule is C[C@H]1[C@@H](CSc2nccn2C)O[C@@H](c2ccc(-c3cccc(CNC(=O)c4ccccc4)c3)cc2)O[C@H]1c1ccc(CO)cc1. The Morgan fingerprint density at radius 2 is 1.64 bits per heavy atom. The van der Waals surface area contributed by atoms with E-state index in [2.05, 4.69) is 53.6 Å². The number of nitrogens with one attached hydrogen (secondary N) is 1. The maximum atomic E-state index is 12.5. The van der Waals surface area contributed by atoms with Gasteiger partial charge >= 0.3 is 0 Å². The van der Waals surface area contributed by atoms with Gasteiger partial charge < -0.3 is 24.5 Å². The van der Waals surface area contributed by atoms with Gasteiger partial charge in [0.2, 0.25) is 0 Å². The van der Waals surface area contributed by atoms with E-state index in [9.17, 15) is 9.90 Å². The molecule has 1 aliphatic heterocycles. The van der Waals surface area contributed by atoms with Crippen molar-refractivity contribution in [3.8, 4) is 11.1 Å². The van der Waals surface area contributed by atoms with Crippen LogP contribution in [0.5, 0.6) is 0 Å². The molecule has 1 amide bonds. The lowest BCUT2D eigenvalue weighted by Crippen LogP contribution is -2.38. The summed E-state index contributed by atoms with van der Waals surface area (Å²) >= 11 is 1.68. The summed E-state index contributed by atoms with van der Waals surface area (Å²) in [4.78, 5) is 17.0. The first-order chi connectivity index (χ1) is 22.0. The van der Waals surface area contributed by atoms with Gasteiger partial charge in [-0.2, -0.15) is 0 Å². The summed E-state index contributed by atoms with van der Waals surface area (Å²) < 4.78 is 15.3. The molecule has 0 radical (unpaired) electrons. The number of thioether (sulfide) groups is 1. The smallest absolute Gasteiger partial charge is 0.251 e. The third kappa shape index (κ3) is 7.37. The fourth-order valence-electron chi connectivity index (χ4n) is 5.53. The molecule has 2 heterocycles. The number of amides is 1. The average molecular weight is 620 g/mol. The van der Waals surface area contributed by atoms with Crippen molar-refractivity contribution in [2.45, 2.75) is 43.7 Å². The van der Waals surface area contributed by atoms with Crippen molar-refractivity contribution in [3.05, 3.63) is 143 Å². The molecule has 45 heavy (non-hydrogen) atoms.